The van der Waals surface area contributed by atoms with Crippen LogP contribution in [-0.2, 0) is 11.0 Å². The Morgan fingerprint density at radius 1 is 0.917 bits per heavy atom. The van der Waals surface area contributed by atoms with Crippen LogP contribution in [-0.4, -0.2) is 11.8 Å². The summed E-state index contributed by atoms with van der Waals surface area (Å²) in [5, 5.41) is 4.70. The molecule has 0 saturated carbocycles. The Hall–Kier alpha value is -2.90. The molecule has 0 aliphatic carbocycles. The van der Waals surface area contributed by atoms with E-state index in [4.69, 9.17) is 0 Å². The van der Waals surface area contributed by atoms with Crippen LogP contribution in [0.25, 0.3) is 0 Å². The Bertz CT molecular complexity index is 771. The van der Waals surface area contributed by atoms with Crippen molar-refractivity contribution in [3.05, 3.63) is 59.4 Å². The smallest absolute Gasteiger partial charge is 0.326 e. The zero-order valence-corrected chi connectivity index (χ0v) is 12.4. The van der Waals surface area contributed by atoms with Gasteiger partial charge in [-0.15, -0.1) is 0 Å². The zero-order valence-electron chi connectivity index (χ0n) is 12.4. The summed E-state index contributed by atoms with van der Waals surface area (Å²) in [5.74, 6) is -2.07. The second kappa shape index (κ2) is 6.69. The van der Waals surface area contributed by atoms with Gasteiger partial charge in [-0.2, -0.15) is 13.2 Å². The van der Waals surface area contributed by atoms with Gasteiger partial charge in [0, 0.05) is 18.3 Å². The van der Waals surface area contributed by atoms with Gasteiger partial charge in [-0.1, -0.05) is 0 Å². The molecule has 8 heteroatoms. The third-order valence-electron chi connectivity index (χ3n) is 3.00. The Morgan fingerprint density at radius 2 is 1.50 bits per heavy atom. The highest BCUT2D eigenvalue weighted by Gasteiger charge is 2.30. The van der Waals surface area contributed by atoms with E-state index in [0.29, 0.717) is 0 Å². The monoisotopic (exact) mass is 340 g/mol. The van der Waals surface area contributed by atoms with Crippen molar-refractivity contribution < 1.29 is 27.2 Å². The minimum Gasteiger partial charge on any atom is -0.326 e. The molecule has 0 spiro atoms. The molecule has 126 valence electrons. The van der Waals surface area contributed by atoms with Gasteiger partial charge in [-0.25, -0.2) is 4.39 Å². The third kappa shape index (κ3) is 4.31. The van der Waals surface area contributed by atoms with Crippen LogP contribution < -0.4 is 10.6 Å². The second-order valence-corrected chi connectivity index (χ2v) is 4.91. The van der Waals surface area contributed by atoms with Crippen molar-refractivity contribution in [3.8, 4) is 0 Å². The molecule has 2 amide bonds. The van der Waals surface area contributed by atoms with Gasteiger partial charge < -0.3 is 10.6 Å². The molecule has 2 aromatic rings. The van der Waals surface area contributed by atoms with Crippen molar-refractivity contribution in [2.75, 3.05) is 10.6 Å². The first-order chi connectivity index (χ1) is 11.2. The van der Waals surface area contributed by atoms with Crippen LogP contribution in [0.3, 0.4) is 0 Å². The molecule has 0 unspecified atom stereocenters. The summed E-state index contributed by atoms with van der Waals surface area (Å²) in [7, 11) is 0. The Kier molecular flexibility index (Phi) is 4.87. The standard InChI is InChI=1S/C16H12F4N2O2/c1-9(23)21-12-6-7-14(17)13(8-12)15(24)22-11-4-2-10(3-5-11)16(18,19)20/h2-8H,1H3,(H,21,23)(H,22,24). The first-order valence-corrected chi connectivity index (χ1v) is 6.72. The normalized spacial score (nSPS) is 11.0. The molecule has 0 aromatic heterocycles. The van der Waals surface area contributed by atoms with E-state index in [1.165, 1.54) is 13.0 Å². The molecule has 0 saturated heterocycles. The second-order valence-electron chi connectivity index (χ2n) is 4.91. The SMILES string of the molecule is CC(=O)Nc1ccc(F)c(C(=O)Nc2ccc(C(F)(F)F)cc2)c1. The van der Waals surface area contributed by atoms with Crippen LogP contribution in [0.5, 0.6) is 0 Å². The zero-order chi connectivity index (χ0) is 17.9. The fourth-order valence-electron chi connectivity index (χ4n) is 1.92. The predicted octanol–water partition coefficient (Wildman–Crippen LogP) is 4.06. The molecule has 24 heavy (non-hydrogen) atoms. The van der Waals surface area contributed by atoms with E-state index >= 15 is 0 Å². The van der Waals surface area contributed by atoms with Crippen LogP contribution >= 0.6 is 0 Å². The van der Waals surface area contributed by atoms with E-state index < -0.39 is 29.4 Å². The first-order valence-electron chi connectivity index (χ1n) is 6.72. The number of hydrogen-bond donors (Lipinski definition) is 2. The molecule has 0 fully saturated rings. The summed E-state index contributed by atoms with van der Waals surface area (Å²) >= 11 is 0. The van der Waals surface area contributed by atoms with E-state index in [2.05, 4.69) is 10.6 Å². The van der Waals surface area contributed by atoms with Crippen LogP contribution in [0.4, 0.5) is 28.9 Å². The van der Waals surface area contributed by atoms with Gasteiger partial charge in [0.15, 0.2) is 0 Å². The highest BCUT2D eigenvalue weighted by atomic mass is 19.4. The Morgan fingerprint density at radius 3 is 2.04 bits per heavy atom. The van der Waals surface area contributed by atoms with Crippen molar-refractivity contribution >= 4 is 23.2 Å². The van der Waals surface area contributed by atoms with E-state index in [-0.39, 0.29) is 16.9 Å². The van der Waals surface area contributed by atoms with Crippen LogP contribution in [0.2, 0.25) is 0 Å². The lowest BCUT2D eigenvalue weighted by Gasteiger charge is -2.10. The predicted molar refractivity (Wildman–Crippen MR) is 80.1 cm³/mol. The van der Waals surface area contributed by atoms with Gasteiger partial charge in [-0.3, -0.25) is 9.59 Å². The molecular weight excluding hydrogens is 328 g/mol. The largest absolute Gasteiger partial charge is 0.416 e. The lowest BCUT2D eigenvalue weighted by Crippen LogP contribution is -2.15. The average molecular weight is 340 g/mol. The van der Waals surface area contributed by atoms with Gasteiger partial charge >= 0.3 is 6.18 Å². The van der Waals surface area contributed by atoms with Gasteiger partial charge in [0.25, 0.3) is 5.91 Å². The molecule has 0 heterocycles. The van der Waals surface area contributed by atoms with Gasteiger partial charge in [-0.05, 0) is 42.5 Å². The van der Waals surface area contributed by atoms with E-state index in [1.54, 1.807) is 0 Å². The number of hydrogen-bond acceptors (Lipinski definition) is 2. The molecule has 0 bridgehead atoms. The van der Waals surface area contributed by atoms with Gasteiger partial charge in [0.2, 0.25) is 5.91 Å². The number of amides is 2. The number of carbonyl (C=O) groups is 2. The lowest BCUT2D eigenvalue weighted by atomic mass is 10.1. The van der Waals surface area contributed by atoms with Crippen LogP contribution in [0.15, 0.2) is 42.5 Å². The number of halogens is 4. The first kappa shape index (κ1) is 17.5. The summed E-state index contributed by atoms with van der Waals surface area (Å²) in [6.45, 7) is 1.26. The maximum Gasteiger partial charge on any atom is 0.416 e. The fraction of sp³-hybridized carbons (Fsp3) is 0.125. The van der Waals surface area contributed by atoms with E-state index in [0.717, 1.165) is 36.4 Å². The average Bonchev–Trinajstić information content (AvgIpc) is 2.48. The highest BCUT2D eigenvalue weighted by molar-refractivity contribution is 6.05. The fourth-order valence-corrected chi connectivity index (χ4v) is 1.92. The Balaban J connectivity index is 2.19. The highest BCUT2D eigenvalue weighted by Crippen LogP contribution is 2.30. The quantitative estimate of drug-likeness (QED) is 0.828. The summed E-state index contributed by atoms with van der Waals surface area (Å²) in [4.78, 5) is 23.1. The topological polar surface area (TPSA) is 58.2 Å². The molecule has 0 atom stereocenters. The maximum absolute atomic E-state index is 13.8. The van der Waals surface area contributed by atoms with Crippen LogP contribution in [0.1, 0.15) is 22.8 Å². The summed E-state index contributed by atoms with van der Waals surface area (Å²) < 4.78 is 51.2. The number of carbonyl (C=O) groups excluding carboxylic acids is 2. The van der Waals surface area contributed by atoms with E-state index in [1.807, 2.05) is 0 Å². The van der Waals surface area contributed by atoms with Crippen LogP contribution in [0, 0.1) is 5.82 Å². The molecule has 2 rings (SSSR count). The summed E-state index contributed by atoms with van der Waals surface area (Å²) in [6, 6.07) is 7.17. The maximum atomic E-state index is 13.8. The van der Waals surface area contributed by atoms with Crippen molar-refractivity contribution in [3.63, 3.8) is 0 Å². The molecule has 4 nitrogen and oxygen atoms in total. The van der Waals surface area contributed by atoms with Crippen molar-refractivity contribution in [2.24, 2.45) is 0 Å². The van der Waals surface area contributed by atoms with Crippen molar-refractivity contribution in [1.82, 2.24) is 0 Å². The molecule has 2 N–H and O–H groups in total. The van der Waals surface area contributed by atoms with Gasteiger partial charge in [0.05, 0.1) is 11.1 Å². The third-order valence-corrected chi connectivity index (χ3v) is 3.00. The van der Waals surface area contributed by atoms with Crippen molar-refractivity contribution in [1.29, 1.82) is 0 Å². The van der Waals surface area contributed by atoms with Crippen molar-refractivity contribution in [2.45, 2.75) is 13.1 Å². The minimum atomic E-state index is -4.48. The number of alkyl halides is 3. The number of benzene rings is 2. The number of nitrogens with one attached hydrogen (secondary N) is 2. The molecule has 0 aliphatic rings. The minimum absolute atomic E-state index is 0.0809. The van der Waals surface area contributed by atoms with E-state index in [9.17, 15) is 27.2 Å². The molecular formula is C16H12F4N2O2. The number of rotatable bonds is 3. The number of anilines is 2. The molecule has 0 aliphatic heterocycles. The van der Waals surface area contributed by atoms with Gasteiger partial charge in [0.1, 0.15) is 5.82 Å². The summed E-state index contributed by atoms with van der Waals surface area (Å²) in [5.41, 5.74) is -0.903. The molecule has 0 radical (unpaired) electrons. The Labute approximate surface area is 134 Å². The summed E-state index contributed by atoms with van der Waals surface area (Å²) in [6.07, 6.45) is -4.48. The lowest BCUT2D eigenvalue weighted by molar-refractivity contribution is -0.137. The molecule has 2 aromatic carbocycles.